The monoisotopic (exact) mass is 225 g/mol. The van der Waals surface area contributed by atoms with E-state index in [1.54, 1.807) is 0 Å². The van der Waals surface area contributed by atoms with Crippen LogP contribution in [0.3, 0.4) is 0 Å². The summed E-state index contributed by atoms with van der Waals surface area (Å²) in [6.45, 7) is 4.25. The van der Waals surface area contributed by atoms with Crippen LogP contribution in [0.1, 0.15) is 50.2 Å². The number of hydrogen-bond donors (Lipinski definition) is 0. The predicted octanol–water partition coefficient (Wildman–Crippen LogP) is 4.52. The summed E-state index contributed by atoms with van der Waals surface area (Å²) in [6, 6.07) is 10.8. The zero-order chi connectivity index (χ0) is 12.3. The van der Waals surface area contributed by atoms with Crippen LogP contribution >= 0.6 is 0 Å². The fourth-order valence-electron chi connectivity index (χ4n) is 2.29. The van der Waals surface area contributed by atoms with E-state index in [-0.39, 0.29) is 5.92 Å². The number of benzene rings is 1. The first-order valence-electron chi connectivity index (χ1n) is 6.39. The van der Waals surface area contributed by atoms with Crippen LogP contribution in [0.15, 0.2) is 30.3 Å². The first-order chi connectivity index (χ1) is 8.20. The van der Waals surface area contributed by atoms with Gasteiger partial charge in [-0.05, 0) is 48.8 Å². The van der Waals surface area contributed by atoms with Crippen LogP contribution < -0.4 is 0 Å². The molecule has 0 fully saturated rings. The quantitative estimate of drug-likeness (QED) is 0.726. The molecule has 0 amide bonds. The second-order valence-corrected chi connectivity index (χ2v) is 5.08. The Morgan fingerprint density at radius 2 is 2.00 bits per heavy atom. The summed E-state index contributed by atoms with van der Waals surface area (Å²) in [7, 11) is 0. The molecule has 0 radical (unpaired) electrons. The van der Waals surface area contributed by atoms with Gasteiger partial charge in [0.1, 0.15) is 0 Å². The third-order valence-corrected chi connectivity index (χ3v) is 3.65. The van der Waals surface area contributed by atoms with Crippen molar-refractivity contribution in [1.82, 2.24) is 0 Å². The van der Waals surface area contributed by atoms with E-state index in [9.17, 15) is 0 Å². The molecule has 0 N–H and O–H groups in total. The van der Waals surface area contributed by atoms with Gasteiger partial charge in [0, 0.05) is 0 Å². The molecule has 0 aliphatic heterocycles. The average Bonchev–Trinajstić information content (AvgIpc) is 2.39. The number of nitrogens with zero attached hydrogens (tertiary/aromatic N) is 1. The van der Waals surface area contributed by atoms with E-state index in [0.717, 1.165) is 11.5 Å². The Bertz CT molecular complexity index is 447. The topological polar surface area (TPSA) is 23.8 Å². The highest BCUT2D eigenvalue weighted by atomic mass is 14.3. The van der Waals surface area contributed by atoms with E-state index >= 15 is 0 Å². The highest BCUT2D eigenvalue weighted by Gasteiger charge is 2.11. The predicted molar refractivity (Wildman–Crippen MR) is 71.5 cm³/mol. The molecule has 0 bridgehead atoms. The summed E-state index contributed by atoms with van der Waals surface area (Å²) in [5.41, 5.74) is 3.91. The Morgan fingerprint density at radius 1 is 1.29 bits per heavy atom. The van der Waals surface area contributed by atoms with Crippen LogP contribution in [0.25, 0.3) is 5.57 Å². The van der Waals surface area contributed by atoms with Gasteiger partial charge in [-0.1, -0.05) is 37.3 Å². The van der Waals surface area contributed by atoms with Crippen LogP contribution in [-0.4, -0.2) is 0 Å². The Labute approximate surface area is 104 Å². The van der Waals surface area contributed by atoms with Crippen molar-refractivity contribution in [3.8, 4) is 6.07 Å². The third kappa shape index (κ3) is 2.77. The fraction of sp³-hybridized carbons (Fsp3) is 0.438. The van der Waals surface area contributed by atoms with E-state index in [1.165, 1.54) is 30.4 Å². The summed E-state index contributed by atoms with van der Waals surface area (Å²) < 4.78 is 0. The Balaban J connectivity index is 2.16. The standard InChI is InChI=1S/C16H19N/c1-12-3-5-15(6-4-12)16-9-7-14(8-10-16)13(2)11-17/h5,7-10,12-13H,3-4,6H2,1-2H3. The molecule has 1 aliphatic rings. The van der Waals surface area contributed by atoms with E-state index in [4.69, 9.17) is 5.26 Å². The zero-order valence-corrected chi connectivity index (χ0v) is 10.6. The molecule has 17 heavy (non-hydrogen) atoms. The molecule has 1 nitrogen and oxygen atoms in total. The lowest BCUT2D eigenvalue weighted by Gasteiger charge is -2.18. The fourth-order valence-corrected chi connectivity index (χ4v) is 2.29. The molecule has 0 saturated carbocycles. The highest BCUT2D eigenvalue weighted by molar-refractivity contribution is 5.66. The number of hydrogen-bond acceptors (Lipinski definition) is 1. The zero-order valence-electron chi connectivity index (χ0n) is 10.6. The molecule has 0 aromatic heterocycles. The van der Waals surface area contributed by atoms with Gasteiger partial charge in [-0.15, -0.1) is 0 Å². The minimum absolute atomic E-state index is 0.00981. The molecule has 0 spiro atoms. The minimum Gasteiger partial charge on any atom is -0.198 e. The lowest BCUT2D eigenvalue weighted by atomic mass is 9.87. The molecule has 2 atom stereocenters. The number of rotatable bonds is 2. The van der Waals surface area contributed by atoms with Gasteiger partial charge in [-0.25, -0.2) is 0 Å². The van der Waals surface area contributed by atoms with Crippen molar-refractivity contribution in [2.24, 2.45) is 5.92 Å². The van der Waals surface area contributed by atoms with Crippen LogP contribution in [0, 0.1) is 17.2 Å². The van der Waals surface area contributed by atoms with Gasteiger partial charge < -0.3 is 0 Å². The molecule has 1 aromatic rings. The van der Waals surface area contributed by atoms with Crippen LogP contribution in [0.5, 0.6) is 0 Å². The Hall–Kier alpha value is -1.55. The largest absolute Gasteiger partial charge is 0.198 e. The van der Waals surface area contributed by atoms with E-state index in [2.05, 4.69) is 43.3 Å². The normalized spacial score (nSPS) is 21.5. The average molecular weight is 225 g/mol. The lowest BCUT2D eigenvalue weighted by Crippen LogP contribution is -2.01. The molecule has 88 valence electrons. The molecular weight excluding hydrogens is 206 g/mol. The molecule has 1 aliphatic carbocycles. The van der Waals surface area contributed by atoms with Gasteiger partial charge in [0.05, 0.1) is 12.0 Å². The lowest BCUT2D eigenvalue weighted by molar-refractivity contribution is 0.534. The van der Waals surface area contributed by atoms with Gasteiger partial charge in [0.25, 0.3) is 0 Å². The van der Waals surface area contributed by atoms with Crippen molar-refractivity contribution in [1.29, 1.82) is 5.26 Å². The van der Waals surface area contributed by atoms with Crippen molar-refractivity contribution >= 4 is 5.57 Å². The van der Waals surface area contributed by atoms with Gasteiger partial charge in [0.15, 0.2) is 0 Å². The SMILES string of the molecule is CC1CC=C(c2ccc(C(C)C#N)cc2)CC1. The molecule has 1 heteroatoms. The van der Waals surface area contributed by atoms with Crippen molar-refractivity contribution in [2.75, 3.05) is 0 Å². The molecule has 1 aromatic carbocycles. The number of allylic oxidation sites excluding steroid dienone is 2. The van der Waals surface area contributed by atoms with Crippen LogP contribution in [0.4, 0.5) is 0 Å². The second-order valence-electron chi connectivity index (χ2n) is 5.08. The van der Waals surface area contributed by atoms with E-state index in [1.807, 2.05) is 6.92 Å². The maximum atomic E-state index is 8.87. The molecule has 0 heterocycles. The van der Waals surface area contributed by atoms with Crippen molar-refractivity contribution in [2.45, 2.75) is 39.0 Å². The first kappa shape index (κ1) is 11.9. The maximum absolute atomic E-state index is 8.87. The van der Waals surface area contributed by atoms with Gasteiger partial charge in [-0.3, -0.25) is 0 Å². The maximum Gasteiger partial charge on any atom is 0.0700 e. The summed E-state index contributed by atoms with van der Waals surface area (Å²) in [6.07, 6.45) is 6.05. The number of nitriles is 1. The summed E-state index contributed by atoms with van der Waals surface area (Å²) in [5, 5.41) is 8.87. The Kier molecular flexibility index (Phi) is 3.64. The minimum atomic E-state index is -0.00981. The summed E-state index contributed by atoms with van der Waals surface area (Å²) in [5.74, 6) is 0.820. The van der Waals surface area contributed by atoms with E-state index in [0.29, 0.717) is 0 Å². The highest BCUT2D eigenvalue weighted by Crippen LogP contribution is 2.30. The van der Waals surface area contributed by atoms with Gasteiger partial charge >= 0.3 is 0 Å². The molecule has 2 rings (SSSR count). The Morgan fingerprint density at radius 3 is 2.53 bits per heavy atom. The van der Waals surface area contributed by atoms with E-state index < -0.39 is 0 Å². The smallest absolute Gasteiger partial charge is 0.0700 e. The second kappa shape index (κ2) is 5.19. The molecule has 2 unspecified atom stereocenters. The van der Waals surface area contributed by atoms with Crippen LogP contribution in [-0.2, 0) is 0 Å². The van der Waals surface area contributed by atoms with Crippen LogP contribution in [0.2, 0.25) is 0 Å². The third-order valence-electron chi connectivity index (χ3n) is 3.65. The summed E-state index contributed by atoms with van der Waals surface area (Å²) in [4.78, 5) is 0. The molecule has 0 saturated heterocycles. The van der Waals surface area contributed by atoms with Crippen molar-refractivity contribution < 1.29 is 0 Å². The van der Waals surface area contributed by atoms with Gasteiger partial charge in [-0.2, -0.15) is 5.26 Å². The first-order valence-corrected chi connectivity index (χ1v) is 6.39. The van der Waals surface area contributed by atoms with Crippen molar-refractivity contribution in [3.05, 3.63) is 41.5 Å². The summed E-state index contributed by atoms with van der Waals surface area (Å²) >= 11 is 0. The van der Waals surface area contributed by atoms with Crippen molar-refractivity contribution in [3.63, 3.8) is 0 Å². The molecular formula is C16H19N. The van der Waals surface area contributed by atoms with Gasteiger partial charge in [0.2, 0.25) is 0 Å².